The molecule has 0 radical (unpaired) electrons. The van der Waals surface area contributed by atoms with Gasteiger partial charge < -0.3 is 10.5 Å². The number of hydrogen-bond acceptors (Lipinski definition) is 3. The summed E-state index contributed by atoms with van der Waals surface area (Å²) in [5.41, 5.74) is 6.36. The first kappa shape index (κ1) is 14.6. The van der Waals surface area contributed by atoms with Gasteiger partial charge in [0.25, 0.3) is 0 Å². The van der Waals surface area contributed by atoms with E-state index in [-0.39, 0.29) is 11.3 Å². The third-order valence-electron chi connectivity index (χ3n) is 3.05. The number of nitrogens with one attached hydrogen (secondary N) is 1. The first-order valence-electron chi connectivity index (χ1n) is 6.34. The second-order valence-electron chi connectivity index (χ2n) is 5.08. The molecule has 0 amide bonds. The fourth-order valence-corrected chi connectivity index (χ4v) is 1.58. The summed E-state index contributed by atoms with van der Waals surface area (Å²) < 4.78 is 5.56. The van der Waals surface area contributed by atoms with Crippen molar-refractivity contribution in [3.05, 3.63) is 30.1 Å². The molecule has 0 aliphatic rings. The van der Waals surface area contributed by atoms with Crippen LogP contribution in [0, 0.1) is 10.8 Å². The molecule has 0 atom stereocenters. The highest BCUT2D eigenvalue weighted by Gasteiger charge is 2.20. The topological polar surface area (TPSA) is 72.0 Å². The number of aromatic nitrogens is 1. The Labute approximate surface area is 109 Å². The lowest BCUT2D eigenvalue weighted by Crippen LogP contribution is -2.31. The maximum atomic E-state index is 7.45. The van der Waals surface area contributed by atoms with Crippen LogP contribution in [0.15, 0.2) is 24.4 Å². The maximum absolute atomic E-state index is 7.45. The summed E-state index contributed by atoms with van der Waals surface area (Å²) in [5, 5.41) is 7.45. The SMILES string of the molecule is CC(C)(CCCOCCc1ccccn1)C(=N)N. The molecule has 0 saturated carbocycles. The second-order valence-corrected chi connectivity index (χ2v) is 5.08. The molecule has 0 saturated heterocycles. The van der Waals surface area contributed by atoms with Crippen molar-refractivity contribution in [3.8, 4) is 0 Å². The van der Waals surface area contributed by atoms with Crippen molar-refractivity contribution < 1.29 is 4.74 Å². The standard InChI is InChI=1S/C14H23N3O/c1-14(2,13(15)16)8-5-10-18-11-7-12-6-3-4-9-17-12/h3-4,6,9H,5,7-8,10-11H2,1-2H3,(H3,15,16). The predicted molar refractivity (Wildman–Crippen MR) is 73.7 cm³/mol. The van der Waals surface area contributed by atoms with Gasteiger partial charge in [-0.15, -0.1) is 0 Å². The van der Waals surface area contributed by atoms with Gasteiger partial charge in [-0.05, 0) is 25.0 Å². The van der Waals surface area contributed by atoms with E-state index in [0.29, 0.717) is 13.2 Å². The first-order chi connectivity index (χ1) is 8.52. The van der Waals surface area contributed by atoms with Gasteiger partial charge in [-0.3, -0.25) is 10.4 Å². The first-order valence-corrected chi connectivity index (χ1v) is 6.34. The fraction of sp³-hybridized carbons (Fsp3) is 0.571. The number of amidine groups is 1. The molecule has 0 unspecified atom stereocenters. The van der Waals surface area contributed by atoms with Crippen molar-refractivity contribution in [2.75, 3.05) is 13.2 Å². The average Bonchev–Trinajstić information content (AvgIpc) is 2.34. The minimum Gasteiger partial charge on any atom is -0.387 e. The van der Waals surface area contributed by atoms with Crippen molar-refractivity contribution in [1.29, 1.82) is 5.41 Å². The predicted octanol–water partition coefficient (Wildman–Crippen LogP) is 2.38. The van der Waals surface area contributed by atoms with Crippen molar-refractivity contribution in [2.24, 2.45) is 11.1 Å². The van der Waals surface area contributed by atoms with Gasteiger partial charge in [0.2, 0.25) is 0 Å². The van der Waals surface area contributed by atoms with Gasteiger partial charge >= 0.3 is 0 Å². The molecule has 3 N–H and O–H groups in total. The maximum Gasteiger partial charge on any atom is 0.0963 e. The van der Waals surface area contributed by atoms with Crippen LogP contribution in [0.1, 0.15) is 32.4 Å². The molecule has 0 spiro atoms. The Hall–Kier alpha value is -1.42. The number of pyridine rings is 1. The van der Waals surface area contributed by atoms with Crippen molar-refractivity contribution in [1.82, 2.24) is 4.98 Å². The summed E-state index contributed by atoms with van der Waals surface area (Å²) in [6.07, 6.45) is 4.45. The highest BCUT2D eigenvalue weighted by molar-refractivity contribution is 5.82. The van der Waals surface area contributed by atoms with E-state index in [1.54, 1.807) is 6.20 Å². The zero-order valence-electron chi connectivity index (χ0n) is 11.3. The van der Waals surface area contributed by atoms with Gasteiger partial charge in [-0.2, -0.15) is 0 Å². The van der Waals surface area contributed by atoms with Crippen LogP contribution in [-0.4, -0.2) is 24.0 Å². The molecular formula is C14H23N3O. The summed E-state index contributed by atoms with van der Waals surface area (Å²) in [5.74, 6) is 0.246. The molecule has 18 heavy (non-hydrogen) atoms. The summed E-state index contributed by atoms with van der Waals surface area (Å²) in [4.78, 5) is 4.23. The van der Waals surface area contributed by atoms with Crippen LogP contribution < -0.4 is 5.73 Å². The Bertz CT molecular complexity index is 363. The van der Waals surface area contributed by atoms with Crippen LogP contribution in [0.2, 0.25) is 0 Å². The van der Waals surface area contributed by atoms with Crippen molar-refractivity contribution in [2.45, 2.75) is 33.1 Å². The Morgan fingerprint density at radius 3 is 2.78 bits per heavy atom. The largest absolute Gasteiger partial charge is 0.387 e. The molecule has 0 fully saturated rings. The van der Waals surface area contributed by atoms with Crippen LogP contribution in [-0.2, 0) is 11.2 Å². The van der Waals surface area contributed by atoms with E-state index in [1.165, 1.54) is 0 Å². The molecule has 100 valence electrons. The van der Waals surface area contributed by atoms with E-state index in [4.69, 9.17) is 15.9 Å². The highest BCUT2D eigenvalue weighted by Crippen LogP contribution is 2.21. The number of ether oxygens (including phenoxy) is 1. The summed E-state index contributed by atoms with van der Waals surface area (Å²) in [6, 6.07) is 5.90. The van der Waals surface area contributed by atoms with Gasteiger partial charge in [0, 0.05) is 30.3 Å². The van der Waals surface area contributed by atoms with Crippen LogP contribution in [0.4, 0.5) is 0 Å². The lowest BCUT2D eigenvalue weighted by Gasteiger charge is -2.22. The van der Waals surface area contributed by atoms with Crippen LogP contribution in [0.3, 0.4) is 0 Å². The van der Waals surface area contributed by atoms with Gasteiger partial charge in [0.15, 0.2) is 0 Å². The number of hydrogen-bond donors (Lipinski definition) is 2. The quantitative estimate of drug-likeness (QED) is 0.422. The normalized spacial score (nSPS) is 11.4. The van der Waals surface area contributed by atoms with E-state index in [2.05, 4.69) is 4.98 Å². The van der Waals surface area contributed by atoms with Crippen LogP contribution in [0.5, 0.6) is 0 Å². The van der Waals surface area contributed by atoms with E-state index in [0.717, 1.165) is 25.0 Å². The van der Waals surface area contributed by atoms with Crippen molar-refractivity contribution in [3.63, 3.8) is 0 Å². The number of nitrogens with two attached hydrogens (primary N) is 1. The zero-order chi connectivity index (χ0) is 13.4. The van der Waals surface area contributed by atoms with Gasteiger partial charge in [-0.25, -0.2) is 0 Å². The lowest BCUT2D eigenvalue weighted by atomic mass is 9.87. The molecule has 1 heterocycles. The second kappa shape index (κ2) is 7.11. The zero-order valence-corrected chi connectivity index (χ0v) is 11.3. The minimum atomic E-state index is -0.218. The number of nitrogens with zero attached hydrogens (tertiary/aromatic N) is 1. The Balaban J connectivity index is 2.08. The average molecular weight is 249 g/mol. The molecule has 4 nitrogen and oxygen atoms in total. The molecular weight excluding hydrogens is 226 g/mol. The summed E-state index contributed by atoms with van der Waals surface area (Å²) >= 11 is 0. The van der Waals surface area contributed by atoms with Gasteiger partial charge in [-0.1, -0.05) is 19.9 Å². The molecule has 0 aromatic carbocycles. The van der Waals surface area contributed by atoms with Gasteiger partial charge in [0.05, 0.1) is 12.4 Å². The van der Waals surface area contributed by atoms with E-state index in [9.17, 15) is 0 Å². The monoisotopic (exact) mass is 249 g/mol. The van der Waals surface area contributed by atoms with E-state index >= 15 is 0 Å². The summed E-state index contributed by atoms with van der Waals surface area (Å²) in [6.45, 7) is 5.38. The number of rotatable bonds is 8. The van der Waals surface area contributed by atoms with Crippen LogP contribution >= 0.6 is 0 Å². The lowest BCUT2D eigenvalue weighted by molar-refractivity contribution is 0.128. The van der Waals surface area contributed by atoms with E-state index in [1.807, 2.05) is 32.0 Å². The van der Waals surface area contributed by atoms with Crippen LogP contribution in [0.25, 0.3) is 0 Å². The molecule has 1 aromatic heterocycles. The fourth-order valence-electron chi connectivity index (χ4n) is 1.58. The third-order valence-corrected chi connectivity index (χ3v) is 3.05. The Kier molecular flexibility index (Phi) is 5.78. The van der Waals surface area contributed by atoms with Gasteiger partial charge in [0.1, 0.15) is 0 Å². The molecule has 0 aliphatic carbocycles. The minimum absolute atomic E-state index is 0.218. The summed E-state index contributed by atoms with van der Waals surface area (Å²) in [7, 11) is 0. The van der Waals surface area contributed by atoms with E-state index < -0.39 is 0 Å². The Morgan fingerprint density at radius 2 is 2.17 bits per heavy atom. The van der Waals surface area contributed by atoms with Crippen molar-refractivity contribution >= 4 is 5.84 Å². The highest BCUT2D eigenvalue weighted by atomic mass is 16.5. The smallest absolute Gasteiger partial charge is 0.0963 e. The Morgan fingerprint density at radius 1 is 1.39 bits per heavy atom. The molecule has 0 aliphatic heterocycles. The molecule has 4 heteroatoms. The third kappa shape index (κ3) is 5.27. The molecule has 1 rings (SSSR count). The molecule has 1 aromatic rings. The molecule has 0 bridgehead atoms.